The van der Waals surface area contributed by atoms with Gasteiger partial charge in [0, 0.05) is 5.69 Å². The maximum Gasteiger partial charge on any atom is 0.0662 e. The molecule has 0 aliphatic rings. The second-order valence-electron chi connectivity index (χ2n) is 5.95. The van der Waals surface area contributed by atoms with Crippen molar-refractivity contribution in [3.63, 3.8) is 0 Å². The molecule has 0 saturated carbocycles. The van der Waals surface area contributed by atoms with Crippen LogP contribution in [0.2, 0.25) is 0 Å². The molecule has 0 aliphatic carbocycles. The van der Waals surface area contributed by atoms with Crippen molar-refractivity contribution in [3.8, 4) is 0 Å². The monoisotopic (exact) mass is 241 g/mol. The first-order valence-corrected chi connectivity index (χ1v) is 6.38. The van der Waals surface area contributed by atoms with E-state index in [-0.39, 0.29) is 5.41 Å². The van der Waals surface area contributed by atoms with E-state index < -0.39 is 0 Å². The van der Waals surface area contributed by atoms with Crippen LogP contribution >= 0.6 is 0 Å². The fourth-order valence-electron chi connectivity index (χ4n) is 2.03. The van der Waals surface area contributed by atoms with Crippen LogP contribution in [-0.2, 0) is 12.0 Å². The highest BCUT2D eigenvalue weighted by Crippen LogP contribution is 2.21. The molecule has 18 heavy (non-hydrogen) atoms. The Balaban J connectivity index is 2.18. The van der Waals surface area contributed by atoms with Crippen molar-refractivity contribution < 1.29 is 0 Å². The van der Waals surface area contributed by atoms with Crippen LogP contribution in [-0.4, -0.2) is 9.78 Å². The third-order valence-corrected chi connectivity index (χ3v) is 3.12. The van der Waals surface area contributed by atoms with Crippen LogP contribution in [0.4, 0.5) is 0 Å². The van der Waals surface area contributed by atoms with Crippen LogP contribution in [0.1, 0.15) is 43.3 Å². The van der Waals surface area contributed by atoms with Crippen LogP contribution in [0, 0.1) is 19.9 Å². The van der Waals surface area contributed by atoms with Crippen molar-refractivity contribution in [1.29, 1.82) is 0 Å². The Morgan fingerprint density at radius 3 is 2.39 bits per heavy atom. The van der Waals surface area contributed by atoms with Crippen molar-refractivity contribution in [2.24, 2.45) is 0 Å². The number of aromatic nitrogens is 2. The van der Waals surface area contributed by atoms with Gasteiger partial charge in [0.2, 0.25) is 0 Å². The van der Waals surface area contributed by atoms with E-state index in [1.807, 2.05) is 11.6 Å². The molecule has 0 amide bonds. The third kappa shape index (κ3) is 2.81. The molecule has 0 aliphatic heterocycles. The van der Waals surface area contributed by atoms with Crippen LogP contribution < -0.4 is 0 Å². The quantitative estimate of drug-likeness (QED) is 0.784. The summed E-state index contributed by atoms with van der Waals surface area (Å²) in [5, 5.41) is 4.48. The summed E-state index contributed by atoms with van der Waals surface area (Å²) in [6.45, 7) is 11.6. The lowest BCUT2D eigenvalue weighted by Crippen LogP contribution is -2.11. The molecule has 0 spiro atoms. The SMILES string of the molecule is Cc1cc(C)n(Cc2c[c]c(C(C)(C)C)cc2)n1. The summed E-state index contributed by atoms with van der Waals surface area (Å²) in [5.74, 6) is 0. The van der Waals surface area contributed by atoms with Gasteiger partial charge in [-0.1, -0.05) is 32.9 Å². The molecule has 1 heterocycles. The van der Waals surface area contributed by atoms with Crippen molar-refractivity contribution in [2.75, 3.05) is 0 Å². The number of nitrogens with zero attached hydrogens (tertiary/aromatic N) is 2. The second-order valence-corrected chi connectivity index (χ2v) is 5.95. The first kappa shape index (κ1) is 12.9. The number of aryl methyl sites for hydroxylation is 2. The van der Waals surface area contributed by atoms with Gasteiger partial charge in [0.05, 0.1) is 12.2 Å². The topological polar surface area (TPSA) is 17.8 Å². The maximum absolute atomic E-state index is 4.48. The molecule has 2 rings (SSSR count). The molecule has 0 atom stereocenters. The van der Waals surface area contributed by atoms with Gasteiger partial charge in [-0.15, -0.1) is 0 Å². The van der Waals surface area contributed by atoms with Crippen LogP contribution in [0.3, 0.4) is 0 Å². The Morgan fingerprint density at radius 1 is 1.22 bits per heavy atom. The molecule has 1 aromatic carbocycles. The molecule has 0 unspecified atom stereocenters. The van der Waals surface area contributed by atoms with E-state index in [4.69, 9.17) is 0 Å². The molecule has 2 heteroatoms. The summed E-state index contributed by atoms with van der Waals surface area (Å²) >= 11 is 0. The Hall–Kier alpha value is -1.57. The zero-order chi connectivity index (χ0) is 13.3. The average molecular weight is 241 g/mol. The van der Waals surface area contributed by atoms with E-state index in [1.54, 1.807) is 0 Å². The van der Waals surface area contributed by atoms with Gasteiger partial charge in [-0.25, -0.2) is 0 Å². The van der Waals surface area contributed by atoms with Gasteiger partial charge in [-0.2, -0.15) is 5.10 Å². The number of benzene rings is 1. The van der Waals surface area contributed by atoms with E-state index in [2.05, 4.69) is 63.1 Å². The summed E-state index contributed by atoms with van der Waals surface area (Å²) in [7, 11) is 0. The predicted molar refractivity (Wildman–Crippen MR) is 74.8 cm³/mol. The van der Waals surface area contributed by atoms with Gasteiger partial charge in [0.1, 0.15) is 0 Å². The minimum Gasteiger partial charge on any atom is -0.265 e. The van der Waals surface area contributed by atoms with Crippen LogP contribution in [0.15, 0.2) is 24.3 Å². The standard InChI is InChI=1S/C16H21N2/c1-12-10-13(2)18(17-12)11-14-6-8-15(9-7-14)16(3,4)5/h6-8,10H,11H2,1-5H3. The highest BCUT2D eigenvalue weighted by molar-refractivity contribution is 5.26. The summed E-state index contributed by atoms with van der Waals surface area (Å²) in [6, 6.07) is 11.9. The molecule has 0 fully saturated rings. The van der Waals surface area contributed by atoms with E-state index >= 15 is 0 Å². The van der Waals surface area contributed by atoms with Crippen LogP contribution in [0.25, 0.3) is 0 Å². The first-order valence-electron chi connectivity index (χ1n) is 6.38. The molecular formula is C16H21N2. The minimum absolute atomic E-state index is 0.163. The van der Waals surface area contributed by atoms with Crippen LogP contribution in [0.5, 0.6) is 0 Å². The molecular weight excluding hydrogens is 220 g/mol. The van der Waals surface area contributed by atoms with Gasteiger partial charge < -0.3 is 0 Å². The number of hydrogen-bond acceptors (Lipinski definition) is 1. The molecule has 1 aromatic heterocycles. The molecule has 2 nitrogen and oxygen atoms in total. The van der Waals surface area contributed by atoms with Gasteiger partial charge in [-0.05, 0) is 48.6 Å². The lowest BCUT2D eigenvalue weighted by molar-refractivity contribution is 0.588. The van der Waals surface area contributed by atoms with E-state index in [9.17, 15) is 0 Å². The Morgan fingerprint density at radius 2 is 1.94 bits per heavy atom. The fraction of sp³-hybridized carbons (Fsp3) is 0.438. The largest absolute Gasteiger partial charge is 0.265 e. The summed E-state index contributed by atoms with van der Waals surface area (Å²) in [4.78, 5) is 0. The normalized spacial score (nSPS) is 11.8. The van der Waals surface area contributed by atoms with E-state index in [0.717, 1.165) is 12.2 Å². The first-order chi connectivity index (χ1) is 8.36. The molecule has 95 valence electrons. The second kappa shape index (κ2) is 4.60. The zero-order valence-corrected chi connectivity index (χ0v) is 11.9. The van der Waals surface area contributed by atoms with Gasteiger partial charge in [0.25, 0.3) is 0 Å². The maximum atomic E-state index is 4.48. The predicted octanol–water partition coefficient (Wildman–Crippen LogP) is 3.65. The lowest BCUT2D eigenvalue weighted by Gasteiger charge is -2.18. The zero-order valence-electron chi connectivity index (χ0n) is 11.9. The Labute approximate surface area is 110 Å². The van der Waals surface area contributed by atoms with Crippen molar-refractivity contribution >= 4 is 0 Å². The average Bonchev–Trinajstić information content (AvgIpc) is 2.57. The molecule has 0 bridgehead atoms. The third-order valence-electron chi connectivity index (χ3n) is 3.12. The summed E-state index contributed by atoms with van der Waals surface area (Å²) < 4.78 is 2.04. The van der Waals surface area contributed by atoms with E-state index in [1.165, 1.54) is 16.8 Å². The number of hydrogen-bond donors (Lipinski definition) is 0. The summed E-state index contributed by atoms with van der Waals surface area (Å²) in [5.41, 5.74) is 4.93. The smallest absolute Gasteiger partial charge is 0.0662 e. The highest BCUT2D eigenvalue weighted by atomic mass is 15.3. The lowest BCUT2D eigenvalue weighted by atomic mass is 9.87. The van der Waals surface area contributed by atoms with Gasteiger partial charge in [-0.3, -0.25) is 4.68 Å². The number of rotatable bonds is 2. The van der Waals surface area contributed by atoms with E-state index in [0.29, 0.717) is 0 Å². The Kier molecular flexibility index (Phi) is 3.29. The Bertz CT molecular complexity index is 527. The molecule has 0 N–H and O–H groups in total. The van der Waals surface area contributed by atoms with Crippen molar-refractivity contribution in [1.82, 2.24) is 9.78 Å². The fourth-order valence-corrected chi connectivity index (χ4v) is 2.03. The molecule has 2 aromatic rings. The van der Waals surface area contributed by atoms with Crippen molar-refractivity contribution in [3.05, 3.63) is 52.8 Å². The minimum atomic E-state index is 0.163. The highest BCUT2D eigenvalue weighted by Gasteiger charge is 2.13. The van der Waals surface area contributed by atoms with Crippen molar-refractivity contribution in [2.45, 2.75) is 46.6 Å². The van der Waals surface area contributed by atoms with Gasteiger partial charge in [0.15, 0.2) is 0 Å². The van der Waals surface area contributed by atoms with Gasteiger partial charge >= 0.3 is 0 Å². The molecule has 1 radical (unpaired) electrons. The summed E-state index contributed by atoms with van der Waals surface area (Å²) in [6.07, 6.45) is 0. The molecule has 0 saturated heterocycles.